The summed E-state index contributed by atoms with van der Waals surface area (Å²) in [4.78, 5) is 25.1. The van der Waals surface area contributed by atoms with E-state index in [1.54, 1.807) is 0 Å². The first-order valence-corrected chi connectivity index (χ1v) is 8.65. The Hall–Kier alpha value is -3.00. The summed E-state index contributed by atoms with van der Waals surface area (Å²) >= 11 is 0. The molecule has 0 bridgehead atoms. The second-order valence-corrected chi connectivity index (χ2v) is 6.33. The summed E-state index contributed by atoms with van der Waals surface area (Å²) in [6, 6.07) is 7.53. The molecule has 2 N–H and O–H groups in total. The van der Waals surface area contributed by atoms with Crippen LogP contribution in [0.3, 0.4) is 0 Å². The third-order valence-corrected chi connectivity index (χ3v) is 4.59. The summed E-state index contributed by atoms with van der Waals surface area (Å²) in [6.07, 6.45) is 4.44. The molecule has 8 heteroatoms. The number of nitrogens with zero attached hydrogens (tertiary/aromatic N) is 4. The highest BCUT2D eigenvalue weighted by atomic mass is 16.3. The second-order valence-electron chi connectivity index (χ2n) is 6.33. The summed E-state index contributed by atoms with van der Waals surface area (Å²) in [7, 11) is 0. The van der Waals surface area contributed by atoms with Crippen molar-refractivity contribution in [2.45, 2.75) is 25.8 Å². The quantitative estimate of drug-likeness (QED) is 0.776. The van der Waals surface area contributed by atoms with E-state index in [1.807, 2.05) is 24.3 Å². The first-order valence-electron chi connectivity index (χ1n) is 8.65. The van der Waals surface area contributed by atoms with Crippen molar-refractivity contribution < 1.29 is 14.7 Å². The Labute approximate surface area is 150 Å². The minimum Gasteiger partial charge on any atom is -0.395 e. The Morgan fingerprint density at radius 3 is 2.92 bits per heavy atom. The van der Waals surface area contributed by atoms with Gasteiger partial charge in [0.1, 0.15) is 11.5 Å². The number of rotatable bonds is 5. The van der Waals surface area contributed by atoms with Crippen molar-refractivity contribution in [1.29, 1.82) is 0 Å². The highest BCUT2D eigenvalue weighted by Gasteiger charge is 2.30. The average molecular weight is 353 g/mol. The van der Waals surface area contributed by atoms with Crippen molar-refractivity contribution in [1.82, 2.24) is 19.7 Å². The molecule has 0 atom stereocenters. The van der Waals surface area contributed by atoms with Crippen molar-refractivity contribution in [3.63, 3.8) is 0 Å². The average Bonchev–Trinajstić information content (AvgIpc) is 3.19. The third-order valence-electron chi connectivity index (χ3n) is 4.59. The minimum atomic E-state index is -0.436. The second kappa shape index (κ2) is 6.72. The van der Waals surface area contributed by atoms with Gasteiger partial charge in [-0.3, -0.25) is 14.5 Å². The number of aromatic nitrogens is 3. The van der Waals surface area contributed by atoms with E-state index in [-0.39, 0.29) is 18.8 Å². The third kappa shape index (κ3) is 2.88. The number of imide groups is 1. The number of carbonyl (C=O) groups is 2. The number of nitrogens with one attached hydrogen (secondary N) is 1. The number of carbonyl (C=O) groups excluding carboxylic acids is 2. The number of hydrogen-bond acceptors (Lipinski definition) is 6. The zero-order chi connectivity index (χ0) is 18.1. The molecule has 3 heterocycles. The molecule has 2 aliphatic rings. The number of anilines is 1. The van der Waals surface area contributed by atoms with E-state index < -0.39 is 11.8 Å². The number of benzene rings is 1. The van der Waals surface area contributed by atoms with Crippen LogP contribution in [-0.4, -0.2) is 49.7 Å². The summed E-state index contributed by atoms with van der Waals surface area (Å²) < 4.78 is 2.13. The standard InChI is InChI=1S/C18H19N5O3/c24-9-8-23-16(25)11-14(18(23)26)19-13-5-3-4-12(10-13)17-21-20-15-6-1-2-7-22(15)17/h3-5,10-11,19,24H,1-2,6-9H2. The topological polar surface area (TPSA) is 100 Å². The molecule has 1 aromatic carbocycles. The summed E-state index contributed by atoms with van der Waals surface area (Å²) in [6.45, 7) is 0.640. The van der Waals surface area contributed by atoms with Crippen LogP contribution in [0.15, 0.2) is 36.0 Å². The Bertz CT molecular complexity index is 902. The number of fused-ring (bicyclic) bond motifs is 1. The maximum atomic E-state index is 12.3. The molecule has 0 spiro atoms. The molecule has 0 fully saturated rings. The van der Waals surface area contributed by atoms with Crippen LogP contribution in [0.2, 0.25) is 0 Å². The predicted octanol–water partition coefficient (Wildman–Crippen LogP) is 0.938. The molecule has 4 rings (SSSR count). The van der Waals surface area contributed by atoms with Crippen LogP contribution in [-0.2, 0) is 22.6 Å². The van der Waals surface area contributed by atoms with Gasteiger partial charge in [0.25, 0.3) is 11.8 Å². The number of aliphatic hydroxyl groups is 1. The van der Waals surface area contributed by atoms with E-state index in [9.17, 15) is 9.59 Å². The number of aliphatic hydroxyl groups excluding tert-OH is 1. The maximum absolute atomic E-state index is 12.3. The lowest BCUT2D eigenvalue weighted by atomic mass is 10.1. The molecule has 134 valence electrons. The van der Waals surface area contributed by atoms with E-state index in [0.717, 1.165) is 47.9 Å². The molecule has 2 aromatic rings. The zero-order valence-corrected chi connectivity index (χ0v) is 14.2. The molecule has 2 aliphatic heterocycles. The Morgan fingerprint density at radius 1 is 1.19 bits per heavy atom. The van der Waals surface area contributed by atoms with Gasteiger partial charge in [0.15, 0.2) is 5.82 Å². The van der Waals surface area contributed by atoms with Gasteiger partial charge in [-0.15, -0.1) is 10.2 Å². The van der Waals surface area contributed by atoms with Crippen molar-refractivity contribution >= 4 is 17.5 Å². The Morgan fingerprint density at radius 2 is 2.08 bits per heavy atom. The highest BCUT2D eigenvalue weighted by Crippen LogP contribution is 2.26. The van der Waals surface area contributed by atoms with E-state index in [0.29, 0.717) is 5.69 Å². The molecular formula is C18H19N5O3. The Kier molecular flexibility index (Phi) is 4.26. The van der Waals surface area contributed by atoms with Crippen LogP contribution in [0.4, 0.5) is 5.69 Å². The first-order chi connectivity index (χ1) is 12.7. The van der Waals surface area contributed by atoms with Gasteiger partial charge in [-0.2, -0.15) is 0 Å². The fraction of sp³-hybridized carbons (Fsp3) is 0.333. The summed E-state index contributed by atoms with van der Waals surface area (Å²) in [5, 5.41) is 20.6. The lowest BCUT2D eigenvalue weighted by Crippen LogP contribution is -2.34. The first kappa shape index (κ1) is 16.5. The van der Waals surface area contributed by atoms with E-state index in [2.05, 4.69) is 20.1 Å². The predicted molar refractivity (Wildman–Crippen MR) is 93.9 cm³/mol. The van der Waals surface area contributed by atoms with Crippen molar-refractivity contribution in [2.24, 2.45) is 0 Å². The molecule has 1 aromatic heterocycles. The van der Waals surface area contributed by atoms with Gasteiger partial charge in [-0.05, 0) is 25.0 Å². The van der Waals surface area contributed by atoms with Crippen LogP contribution < -0.4 is 5.32 Å². The highest BCUT2D eigenvalue weighted by molar-refractivity contribution is 6.17. The van der Waals surface area contributed by atoms with Gasteiger partial charge in [0.05, 0.1) is 13.2 Å². The van der Waals surface area contributed by atoms with E-state index in [4.69, 9.17) is 5.11 Å². The SMILES string of the molecule is O=C1C=C(Nc2cccc(-c3nnc4n3CCCC4)c2)C(=O)N1CCO. The lowest BCUT2D eigenvalue weighted by molar-refractivity contribution is -0.137. The summed E-state index contributed by atoms with van der Waals surface area (Å²) in [5.74, 6) is 0.958. The van der Waals surface area contributed by atoms with Crippen LogP contribution in [0.25, 0.3) is 11.4 Å². The van der Waals surface area contributed by atoms with Gasteiger partial charge in [-0.25, -0.2) is 0 Å². The van der Waals surface area contributed by atoms with Gasteiger partial charge in [0, 0.05) is 30.3 Å². The molecular weight excluding hydrogens is 334 g/mol. The molecule has 2 amide bonds. The maximum Gasteiger partial charge on any atom is 0.277 e. The van der Waals surface area contributed by atoms with Crippen LogP contribution >= 0.6 is 0 Å². The molecule has 8 nitrogen and oxygen atoms in total. The van der Waals surface area contributed by atoms with Crippen molar-refractivity contribution in [2.75, 3.05) is 18.5 Å². The van der Waals surface area contributed by atoms with Crippen molar-refractivity contribution in [3.05, 3.63) is 41.9 Å². The fourth-order valence-electron chi connectivity index (χ4n) is 3.32. The molecule has 0 saturated heterocycles. The number of β-amino-alcohol motifs (C(OH)–C–C–N with tert-alkyl or cyclic N) is 1. The Balaban J connectivity index is 1.58. The van der Waals surface area contributed by atoms with Gasteiger partial charge < -0.3 is 15.0 Å². The van der Waals surface area contributed by atoms with Gasteiger partial charge in [0.2, 0.25) is 0 Å². The van der Waals surface area contributed by atoms with E-state index >= 15 is 0 Å². The molecule has 0 saturated carbocycles. The lowest BCUT2D eigenvalue weighted by Gasteiger charge is -2.15. The summed E-state index contributed by atoms with van der Waals surface area (Å²) in [5.41, 5.74) is 1.79. The monoisotopic (exact) mass is 353 g/mol. The number of hydrogen-bond donors (Lipinski definition) is 2. The molecule has 0 unspecified atom stereocenters. The normalized spacial score (nSPS) is 16.7. The molecule has 0 radical (unpaired) electrons. The van der Waals surface area contributed by atoms with E-state index in [1.165, 1.54) is 6.08 Å². The largest absolute Gasteiger partial charge is 0.395 e. The fourth-order valence-corrected chi connectivity index (χ4v) is 3.32. The number of amides is 2. The minimum absolute atomic E-state index is 0.00866. The van der Waals surface area contributed by atoms with Crippen LogP contribution in [0, 0.1) is 0 Å². The molecule has 0 aliphatic carbocycles. The smallest absolute Gasteiger partial charge is 0.277 e. The van der Waals surface area contributed by atoms with Gasteiger partial charge >= 0.3 is 0 Å². The van der Waals surface area contributed by atoms with Gasteiger partial charge in [-0.1, -0.05) is 12.1 Å². The molecule has 26 heavy (non-hydrogen) atoms. The number of aryl methyl sites for hydroxylation is 1. The van der Waals surface area contributed by atoms with Crippen molar-refractivity contribution in [3.8, 4) is 11.4 Å². The van der Waals surface area contributed by atoms with Crippen LogP contribution in [0.1, 0.15) is 18.7 Å². The van der Waals surface area contributed by atoms with Crippen LogP contribution in [0.5, 0.6) is 0 Å². The zero-order valence-electron chi connectivity index (χ0n) is 14.2.